The maximum Gasteiger partial charge on any atom is 0.276 e. The van der Waals surface area contributed by atoms with Gasteiger partial charge in [0.2, 0.25) is 0 Å². The Bertz CT molecular complexity index is 971. The Morgan fingerprint density at radius 3 is 2.86 bits per heavy atom. The van der Waals surface area contributed by atoms with Gasteiger partial charge in [-0.25, -0.2) is 9.97 Å². The topological polar surface area (TPSA) is 79.5 Å². The Hall–Kier alpha value is -2.86. The average molecular weight is 398 g/mol. The van der Waals surface area contributed by atoms with Gasteiger partial charge in [-0.1, -0.05) is 23.7 Å². The van der Waals surface area contributed by atoms with Crippen LogP contribution in [0.15, 0.2) is 53.2 Å². The van der Waals surface area contributed by atoms with Crippen LogP contribution in [0.2, 0.25) is 5.02 Å². The summed E-state index contributed by atoms with van der Waals surface area (Å²) in [6.45, 7) is 1.12. The molecule has 1 aliphatic heterocycles. The van der Waals surface area contributed by atoms with Crippen molar-refractivity contribution in [3.63, 3.8) is 0 Å². The maximum atomic E-state index is 12.7. The number of amides is 1. The van der Waals surface area contributed by atoms with E-state index in [1.165, 1.54) is 12.3 Å². The fourth-order valence-electron chi connectivity index (χ4n) is 3.47. The van der Waals surface area contributed by atoms with Crippen LogP contribution in [0.5, 0.6) is 5.75 Å². The minimum absolute atomic E-state index is 0.0301. The van der Waals surface area contributed by atoms with Crippen molar-refractivity contribution in [3.8, 4) is 5.75 Å². The number of hydrogen-bond donors (Lipinski definition) is 1. The number of carbonyl (C=O) groups excluding carboxylic acids is 1. The summed E-state index contributed by atoms with van der Waals surface area (Å²) in [7, 11) is 0. The molecule has 1 aliphatic rings. The lowest BCUT2D eigenvalue weighted by atomic mass is 9.97. The largest absolute Gasteiger partial charge is 0.505 e. The summed E-state index contributed by atoms with van der Waals surface area (Å²) >= 11 is 5.93. The molecule has 0 unspecified atom stereocenters. The molecule has 2 aromatic heterocycles. The first kappa shape index (κ1) is 18.5. The number of halogens is 1. The first-order chi connectivity index (χ1) is 13.6. The quantitative estimate of drug-likeness (QED) is 0.718. The molecule has 1 fully saturated rings. The summed E-state index contributed by atoms with van der Waals surface area (Å²) in [6.07, 6.45) is 5.64. The molecule has 1 atom stereocenters. The van der Waals surface area contributed by atoms with Gasteiger partial charge in [0.15, 0.2) is 11.6 Å². The highest BCUT2D eigenvalue weighted by atomic mass is 35.5. The number of aromatic hydroxyl groups is 1. The highest BCUT2D eigenvalue weighted by Crippen LogP contribution is 2.29. The number of oxazole rings is 1. The number of carbonyl (C=O) groups is 1. The van der Waals surface area contributed by atoms with Crippen LogP contribution in [0.4, 0.5) is 0 Å². The highest BCUT2D eigenvalue weighted by Gasteiger charge is 2.30. The monoisotopic (exact) mass is 397 g/mol. The Labute approximate surface area is 167 Å². The highest BCUT2D eigenvalue weighted by molar-refractivity contribution is 6.30. The fraction of sp³-hybridized carbons (Fsp3) is 0.286. The van der Waals surface area contributed by atoms with Gasteiger partial charge < -0.3 is 14.4 Å². The van der Waals surface area contributed by atoms with Crippen molar-refractivity contribution in [2.75, 3.05) is 13.1 Å². The van der Waals surface area contributed by atoms with E-state index in [-0.39, 0.29) is 23.3 Å². The molecule has 1 amide bonds. The molecular weight excluding hydrogens is 378 g/mol. The smallest absolute Gasteiger partial charge is 0.276 e. The van der Waals surface area contributed by atoms with E-state index in [4.69, 9.17) is 16.0 Å². The number of hydrogen-bond acceptors (Lipinski definition) is 5. The van der Waals surface area contributed by atoms with Gasteiger partial charge in [0.05, 0.1) is 12.1 Å². The molecule has 0 radical (unpaired) electrons. The van der Waals surface area contributed by atoms with Crippen molar-refractivity contribution in [2.24, 2.45) is 0 Å². The zero-order valence-corrected chi connectivity index (χ0v) is 16.0. The van der Waals surface area contributed by atoms with E-state index in [9.17, 15) is 9.90 Å². The Kier molecular flexibility index (Phi) is 5.30. The van der Waals surface area contributed by atoms with Crippen LogP contribution in [0.3, 0.4) is 0 Å². The molecule has 0 aliphatic carbocycles. The van der Waals surface area contributed by atoms with Crippen LogP contribution in [-0.2, 0) is 6.42 Å². The minimum Gasteiger partial charge on any atom is -0.505 e. The molecular formula is C21H20ClN3O3. The standard InChI is InChI=1S/C21H20ClN3O3/c22-16-7-5-14(6-8-16)11-17-12-24-20(28-17)15-3-2-10-25(13-15)21(27)19-18(26)4-1-9-23-19/h1,4-9,12,15,26H,2-3,10-11,13H2/t15-/m1/s1. The Balaban J connectivity index is 1.45. The van der Waals surface area contributed by atoms with Crippen molar-refractivity contribution >= 4 is 17.5 Å². The number of aromatic nitrogens is 2. The molecule has 0 spiro atoms. The summed E-state index contributed by atoms with van der Waals surface area (Å²) in [5.41, 5.74) is 1.18. The van der Waals surface area contributed by atoms with Crippen LogP contribution in [0, 0.1) is 0 Å². The molecule has 1 aromatic carbocycles. The van der Waals surface area contributed by atoms with Crippen LogP contribution in [-0.4, -0.2) is 39.0 Å². The Morgan fingerprint density at radius 1 is 1.25 bits per heavy atom. The van der Waals surface area contributed by atoms with Gasteiger partial charge in [-0.15, -0.1) is 0 Å². The number of benzene rings is 1. The van der Waals surface area contributed by atoms with Gasteiger partial charge in [0.1, 0.15) is 11.5 Å². The van der Waals surface area contributed by atoms with E-state index in [0.717, 1.165) is 24.2 Å². The summed E-state index contributed by atoms with van der Waals surface area (Å²) in [5, 5.41) is 10.6. The SMILES string of the molecule is O=C(c1ncccc1O)N1CCC[C@@H](c2ncc(Cc3ccc(Cl)cc3)o2)C1. The van der Waals surface area contributed by atoms with Gasteiger partial charge in [-0.05, 0) is 42.7 Å². The molecule has 6 nitrogen and oxygen atoms in total. The number of nitrogens with zero attached hydrogens (tertiary/aromatic N) is 3. The average Bonchev–Trinajstić information content (AvgIpc) is 3.18. The fourth-order valence-corrected chi connectivity index (χ4v) is 3.60. The molecule has 144 valence electrons. The maximum absolute atomic E-state index is 12.7. The first-order valence-corrected chi connectivity index (χ1v) is 9.60. The molecule has 3 aromatic rings. The molecule has 1 saturated heterocycles. The van der Waals surface area contributed by atoms with E-state index in [1.54, 1.807) is 17.2 Å². The van der Waals surface area contributed by atoms with Crippen molar-refractivity contribution in [1.82, 2.24) is 14.9 Å². The molecule has 7 heteroatoms. The predicted octanol–water partition coefficient (Wildman–Crippen LogP) is 4.04. The lowest BCUT2D eigenvalue weighted by molar-refractivity contribution is 0.0688. The lowest BCUT2D eigenvalue weighted by Crippen LogP contribution is -2.39. The normalized spacial score (nSPS) is 16.9. The van der Waals surface area contributed by atoms with Crippen molar-refractivity contribution in [1.29, 1.82) is 0 Å². The molecule has 1 N–H and O–H groups in total. The van der Waals surface area contributed by atoms with Gasteiger partial charge in [0.25, 0.3) is 5.91 Å². The molecule has 3 heterocycles. The molecule has 28 heavy (non-hydrogen) atoms. The third-order valence-corrected chi connectivity index (χ3v) is 5.16. The Morgan fingerprint density at radius 2 is 2.07 bits per heavy atom. The number of piperidine rings is 1. The first-order valence-electron chi connectivity index (χ1n) is 9.22. The van der Waals surface area contributed by atoms with Crippen molar-refractivity contribution < 1.29 is 14.3 Å². The van der Waals surface area contributed by atoms with Gasteiger partial charge >= 0.3 is 0 Å². The van der Waals surface area contributed by atoms with Crippen LogP contribution < -0.4 is 0 Å². The molecule has 4 rings (SSSR count). The van der Waals surface area contributed by atoms with Crippen LogP contribution in [0.1, 0.15) is 46.5 Å². The van der Waals surface area contributed by atoms with Gasteiger partial charge in [-0.2, -0.15) is 0 Å². The van der Waals surface area contributed by atoms with E-state index >= 15 is 0 Å². The number of rotatable bonds is 4. The molecule has 0 saturated carbocycles. The zero-order chi connectivity index (χ0) is 19.5. The third kappa shape index (κ3) is 4.02. The van der Waals surface area contributed by atoms with E-state index < -0.39 is 0 Å². The minimum atomic E-state index is -0.268. The summed E-state index contributed by atoms with van der Waals surface area (Å²) < 4.78 is 5.97. The van der Waals surface area contributed by atoms with Crippen molar-refractivity contribution in [3.05, 3.63) is 76.7 Å². The predicted molar refractivity (Wildman–Crippen MR) is 105 cm³/mol. The van der Waals surface area contributed by atoms with Gasteiger partial charge in [0, 0.05) is 30.7 Å². The third-order valence-electron chi connectivity index (χ3n) is 4.91. The van der Waals surface area contributed by atoms with Crippen molar-refractivity contribution in [2.45, 2.75) is 25.2 Å². The van der Waals surface area contributed by atoms with E-state index in [1.807, 2.05) is 24.3 Å². The second kappa shape index (κ2) is 8.02. The van der Waals surface area contributed by atoms with E-state index in [2.05, 4.69) is 9.97 Å². The van der Waals surface area contributed by atoms with Crippen LogP contribution in [0.25, 0.3) is 0 Å². The second-order valence-electron chi connectivity index (χ2n) is 6.93. The van der Waals surface area contributed by atoms with Gasteiger partial charge in [-0.3, -0.25) is 4.79 Å². The number of pyridine rings is 1. The number of likely N-dealkylation sites (tertiary alicyclic amines) is 1. The lowest BCUT2D eigenvalue weighted by Gasteiger charge is -2.31. The van der Waals surface area contributed by atoms with E-state index in [0.29, 0.717) is 30.4 Å². The second-order valence-corrected chi connectivity index (χ2v) is 7.37. The summed E-state index contributed by atoms with van der Waals surface area (Å²) in [6, 6.07) is 10.7. The summed E-state index contributed by atoms with van der Waals surface area (Å²) in [4.78, 5) is 22.9. The summed E-state index contributed by atoms with van der Waals surface area (Å²) in [5.74, 6) is 1.09. The van der Waals surface area contributed by atoms with Crippen LogP contribution >= 0.6 is 11.6 Å². The zero-order valence-electron chi connectivity index (χ0n) is 15.2. The molecule has 0 bridgehead atoms.